The summed E-state index contributed by atoms with van der Waals surface area (Å²) >= 11 is 0. The van der Waals surface area contributed by atoms with Crippen molar-refractivity contribution in [3.63, 3.8) is 0 Å². The highest BCUT2D eigenvalue weighted by Crippen LogP contribution is 2.22. The SMILES string of the molecule is CCC(CC)CNc1cc(NCCc2cccnc2)c2nnc(C(C)C)n2n1. The summed E-state index contributed by atoms with van der Waals surface area (Å²) in [4.78, 5) is 4.18. The van der Waals surface area contributed by atoms with Crippen LogP contribution in [0.15, 0.2) is 30.6 Å². The molecule has 0 saturated heterocycles. The molecule has 0 aliphatic carbocycles. The fourth-order valence-corrected chi connectivity index (χ4v) is 3.19. The summed E-state index contributed by atoms with van der Waals surface area (Å²) in [5, 5.41) is 20.5. The largest absolute Gasteiger partial charge is 0.381 e. The Kier molecular flexibility index (Phi) is 6.79. The summed E-state index contributed by atoms with van der Waals surface area (Å²) in [7, 11) is 0. The number of hydrogen-bond donors (Lipinski definition) is 2. The lowest BCUT2D eigenvalue weighted by atomic mass is 10.0. The van der Waals surface area contributed by atoms with Crippen molar-refractivity contribution in [3.8, 4) is 0 Å². The van der Waals surface area contributed by atoms with Gasteiger partial charge in [0.05, 0.1) is 5.69 Å². The molecule has 0 aliphatic heterocycles. The van der Waals surface area contributed by atoms with Gasteiger partial charge in [-0.1, -0.05) is 46.6 Å². The fourth-order valence-electron chi connectivity index (χ4n) is 3.19. The Morgan fingerprint density at radius 3 is 2.61 bits per heavy atom. The van der Waals surface area contributed by atoms with E-state index in [9.17, 15) is 0 Å². The smallest absolute Gasteiger partial charge is 0.201 e. The predicted octanol–water partition coefficient (Wildman–Crippen LogP) is 4.15. The highest BCUT2D eigenvalue weighted by atomic mass is 15.4. The molecule has 0 aliphatic rings. The van der Waals surface area contributed by atoms with E-state index < -0.39 is 0 Å². The number of fused-ring (bicyclic) bond motifs is 1. The summed E-state index contributed by atoms with van der Waals surface area (Å²) < 4.78 is 1.87. The minimum Gasteiger partial charge on any atom is -0.381 e. The number of rotatable bonds is 10. The fraction of sp³-hybridized carbons (Fsp3) is 0.524. The average Bonchev–Trinajstić information content (AvgIpc) is 3.14. The number of anilines is 2. The monoisotopic (exact) mass is 381 g/mol. The highest BCUT2D eigenvalue weighted by molar-refractivity contribution is 5.70. The molecule has 28 heavy (non-hydrogen) atoms. The molecule has 7 heteroatoms. The number of nitrogens with one attached hydrogen (secondary N) is 2. The molecule has 3 heterocycles. The van der Waals surface area contributed by atoms with Gasteiger partial charge in [-0.15, -0.1) is 15.3 Å². The van der Waals surface area contributed by atoms with Crippen molar-refractivity contribution in [3.05, 3.63) is 42.0 Å². The van der Waals surface area contributed by atoms with Crippen LogP contribution >= 0.6 is 0 Å². The number of hydrogen-bond acceptors (Lipinski definition) is 6. The summed E-state index contributed by atoms with van der Waals surface area (Å²) in [6.45, 7) is 10.4. The molecule has 7 nitrogen and oxygen atoms in total. The van der Waals surface area contributed by atoms with Crippen molar-refractivity contribution < 1.29 is 0 Å². The van der Waals surface area contributed by atoms with E-state index in [1.165, 1.54) is 5.56 Å². The van der Waals surface area contributed by atoms with Crippen molar-refractivity contribution in [1.82, 2.24) is 24.8 Å². The van der Waals surface area contributed by atoms with Crippen LogP contribution in [0.25, 0.3) is 5.65 Å². The first-order chi connectivity index (χ1) is 13.6. The maximum absolute atomic E-state index is 4.75. The Hall–Kier alpha value is -2.70. The van der Waals surface area contributed by atoms with Crippen LogP contribution in [0.1, 0.15) is 57.8 Å². The zero-order valence-electron chi connectivity index (χ0n) is 17.3. The Morgan fingerprint density at radius 2 is 1.93 bits per heavy atom. The third-order valence-electron chi connectivity index (χ3n) is 5.09. The zero-order chi connectivity index (χ0) is 19.9. The van der Waals surface area contributed by atoms with Gasteiger partial charge >= 0.3 is 0 Å². The second-order valence-corrected chi connectivity index (χ2v) is 7.49. The first-order valence-electron chi connectivity index (χ1n) is 10.2. The molecule has 0 amide bonds. The molecule has 0 bridgehead atoms. The van der Waals surface area contributed by atoms with Crippen LogP contribution in [-0.4, -0.2) is 37.9 Å². The number of nitrogens with zero attached hydrogens (tertiary/aromatic N) is 5. The van der Waals surface area contributed by atoms with Gasteiger partial charge in [0.25, 0.3) is 0 Å². The molecule has 3 rings (SSSR count). The number of aromatic nitrogens is 5. The molecule has 0 aromatic carbocycles. The van der Waals surface area contributed by atoms with Gasteiger partial charge in [0.1, 0.15) is 5.82 Å². The minimum atomic E-state index is 0.250. The summed E-state index contributed by atoms with van der Waals surface area (Å²) in [5.41, 5.74) is 2.92. The Balaban J connectivity index is 1.82. The van der Waals surface area contributed by atoms with E-state index in [4.69, 9.17) is 5.10 Å². The molecule has 3 aromatic heterocycles. The lowest BCUT2D eigenvalue weighted by molar-refractivity contribution is 0.518. The van der Waals surface area contributed by atoms with Gasteiger partial charge < -0.3 is 10.6 Å². The Labute approximate surface area is 167 Å². The van der Waals surface area contributed by atoms with Crippen LogP contribution in [0.3, 0.4) is 0 Å². The van der Waals surface area contributed by atoms with E-state index in [-0.39, 0.29) is 5.92 Å². The van der Waals surface area contributed by atoms with E-state index in [1.807, 2.05) is 22.8 Å². The third-order valence-corrected chi connectivity index (χ3v) is 5.09. The Morgan fingerprint density at radius 1 is 1.11 bits per heavy atom. The van der Waals surface area contributed by atoms with Gasteiger partial charge in [-0.05, 0) is 24.0 Å². The minimum absolute atomic E-state index is 0.250. The van der Waals surface area contributed by atoms with Crippen molar-refractivity contribution in [2.24, 2.45) is 5.92 Å². The molecule has 150 valence electrons. The van der Waals surface area contributed by atoms with Crippen LogP contribution in [0.2, 0.25) is 0 Å². The van der Waals surface area contributed by atoms with Gasteiger partial charge in [0.15, 0.2) is 5.82 Å². The van der Waals surface area contributed by atoms with Gasteiger partial charge in [-0.25, -0.2) is 0 Å². The molecule has 2 N–H and O–H groups in total. The standard InChI is InChI=1S/C21H31N7/c1-5-16(6-2)14-24-19-12-18(23-11-9-17-8-7-10-22-13-17)21-26-25-20(15(3)4)28(21)27-19/h7-8,10,12-13,15-16,23H,5-6,9,11,14H2,1-4H3,(H,24,27). The molecular weight excluding hydrogens is 350 g/mol. The first kappa shape index (κ1) is 20.0. The van der Waals surface area contributed by atoms with Crippen LogP contribution in [0.4, 0.5) is 11.5 Å². The molecular formula is C21H31N7. The predicted molar refractivity (Wildman–Crippen MR) is 114 cm³/mol. The molecule has 0 fully saturated rings. The maximum Gasteiger partial charge on any atom is 0.201 e. The quantitative estimate of drug-likeness (QED) is 0.549. The van der Waals surface area contributed by atoms with Gasteiger partial charge in [-0.2, -0.15) is 4.52 Å². The first-order valence-corrected chi connectivity index (χ1v) is 10.2. The van der Waals surface area contributed by atoms with Crippen molar-refractivity contribution in [2.45, 2.75) is 52.9 Å². The molecule has 3 aromatic rings. The number of pyridine rings is 1. The van der Waals surface area contributed by atoms with Gasteiger partial charge in [-0.3, -0.25) is 4.98 Å². The van der Waals surface area contributed by atoms with E-state index in [2.05, 4.69) is 59.6 Å². The average molecular weight is 382 g/mol. The van der Waals surface area contributed by atoms with Crippen LogP contribution in [0.5, 0.6) is 0 Å². The van der Waals surface area contributed by atoms with Crippen molar-refractivity contribution >= 4 is 17.2 Å². The van der Waals surface area contributed by atoms with Gasteiger partial charge in [0.2, 0.25) is 5.65 Å². The molecule has 0 saturated carbocycles. The summed E-state index contributed by atoms with van der Waals surface area (Å²) in [6, 6.07) is 6.10. The summed E-state index contributed by atoms with van der Waals surface area (Å²) in [5.74, 6) is 2.62. The van der Waals surface area contributed by atoms with Crippen molar-refractivity contribution in [2.75, 3.05) is 23.7 Å². The Bertz CT molecular complexity index is 869. The van der Waals surface area contributed by atoms with E-state index in [0.29, 0.717) is 5.92 Å². The molecule has 0 atom stereocenters. The molecule has 0 spiro atoms. The second kappa shape index (κ2) is 9.48. The van der Waals surface area contributed by atoms with Crippen molar-refractivity contribution in [1.29, 1.82) is 0 Å². The second-order valence-electron chi connectivity index (χ2n) is 7.49. The lowest BCUT2D eigenvalue weighted by Gasteiger charge is -2.15. The van der Waals surface area contributed by atoms with Crippen LogP contribution in [-0.2, 0) is 6.42 Å². The topological polar surface area (TPSA) is 80.0 Å². The zero-order valence-corrected chi connectivity index (χ0v) is 17.3. The lowest BCUT2D eigenvalue weighted by Crippen LogP contribution is -2.16. The highest BCUT2D eigenvalue weighted by Gasteiger charge is 2.15. The van der Waals surface area contributed by atoms with Crippen LogP contribution < -0.4 is 10.6 Å². The van der Waals surface area contributed by atoms with Crippen LogP contribution in [0, 0.1) is 5.92 Å². The third kappa shape index (κ3) is 4.77. The van der Waals surface area contributed by atoms with E-state index in [1.54, 1.807) is 6.20 Å². The van der Waals surface area contributed by atoms with E-state index in [0.717, 1.165) is 55.3 Å². The summed E-state index contributed by atoms with van der Waals surface area (Å²) in [6.07, 6.45) is 6.91. The van der Waals surface area contributed by atoms with E-state index >= 15 is 0 Å². The maximum atomic E-state index is 4.75. The van der Waals surface area contributed by atoms with Gasteiger partial charge in [0, 0.05) is 37.5 Å². The molecule has 0 radical (unpaired) electrons. The molecule has 0 unspecified atom stereocenters. The normalized spacial score (nSPS) is 11.5.